The number of nitrogens with zero attached hydrogens (tertiary/aromatic N) is 2. The summed E-state index contributed by atoms with van der Waals surface area (Å²) >= 11 is 0. The Morgan fingerprint density at radius 2 is 1.90 bits per heavy atom. The van der Waals surface area contributed by atoms with Gasteiger partial charge in [0.15, 0.2) is 0 Å². The largest absolute Gasteiger partial charge is 0.481 e. The van der Waals surface area contributed by atoms with Crippen molar-refractivity contribution < 1.29 is 14.7 Å². The molecule has 21 heavy (non-hydrogen) atoms. The lowest BCUT2D eigenvalue weighted by molar-refractivity contribution is -0.138. The minimum Gasteiger partial charge on any atom is -0.481 e. The van der Waals surface area contributed by atoms with Gasteiger partial charge in [0, 0.05) is 25.3 Å². The number of carboxylic acids is 1. The smallest absolute Gasteiger partial charge is 0.324 e. The Hall–Kier alpha value is -2.04. The zero-order valence-electron chi connectivity index (χ0n) is 13.4. The van der Waals surface area contributed by atoms with E-state index in [-0.39, 0.29) is 18.5 Å². The average molecular weight is 292 g/mol. The number of hydrogen-bond acceptors (Lipinski definition) is 2. The van der Waals surface area contributed by atoms with E-state index in [4.69, 9.17) is 5.11 Å². The molecule has 0 heterocycles. The van der Waals surface area contributed by atoms with Gasteiger partial charge in [-0.25, -0.2) is 4.79 Å². The van der Waals surface area contributed by atoms with Crippen LogP contribution < -0.4 is 4.90 Å². The number of carbonyl (C=O) groups excluding carboxylic acids is 1. The fraction of sp³-hybridized carbons (Fsp3) is 0.500. The standard InChI is InChI=1S/C16H24N2O3/c1-6-18(13(4)10-15(19)20)16(21)17(5)14-8-7-11(2)9-12(14)3/h7-9,13H,6,10H2,1-5H3,(H,19,20). The third-order valence-corrected chi connectivity index (χ3v) is 3.59. The summed E-state index contributed by atoms with van der Waals surface area (Å²) in [6, 6.07) is 5.38. The van der Waals surface area contributed by atoms with Crippen LogP contribution >= 0.6 is 0 Å². The highest BCUT2D eigenvalue weighted by Gasteiger charge is 2.24. The summed E-state index contributed by atoms with van der Waals surface area (Å²) in [7, 11) is 1.72. The number of rotatable bonds is 5. The number of aryl methyl sites for hydroxylation is 2. The summed E-state index contributed by atoms with van der Waals surface area (Å²) < 4.78 is 0. The summed E-state index contributed by atoms with van der Waals surface area (Å²) in [6.07, 6.45) is -0.0553. The van der Waals surface area contributed by atoms with Crippen LogP contribution in [-0.2, 0) is 4.79 Å². The van der Waals surface area contributed by atoms with E-state index in [0.717, 1.165) is 16.8 Å². The van der Waals surface area contributed by atoms with E-state index >= 15 is 0 Å². The maximum absolute atomic E-state index is 12.6. The molecule has 0 aliphatic rings. The predicted octanol–water partition coefficient (Wildman–Crippen LogP) is 3.04. The summed E-state index contributed by atoms with van der Waals surface area (Å²) in [4.78, 5) is 26.6. The van der Waals surface area contributed by atoms with Crippen LogP contribution in [0.1, 0.15) is 31.4 Å². The van der Waals surface area contributed by atoms with Crippen molar-refractivity contribution in [1.82, 2.24) is 4.90 Å². The molecule has 0 saturated heterocycles. The minimum absolute atomic E-state index is 0.0553. The number of amides is 2. The molecule has 1 atom stereocenters. The number of anilines is 1. The molecule has 2 amide bonds. The fourth-order valence-corrected chi connectivity index (χ4v) is 2.48. The lowest BCUT2D eigenvalue weighted by Crippen LogP contribution is -2.46. The van der Waals surface area contributed by atoms with Gasteiger partial charge in [0.25, 0.3) is 0 Å². The normalized spacial score (nSPS) is 11.9. The first-order valence-electron chi connectivity index (χ1n) is 7.11. The van der Waals surface area contributed by atoms with Crippen LogP contribution in [0, 0.1) is 13.8 Å². The Labute approximate surface area is 126 Å². The van der Waals surface area contributed by atoms with Gasteiger partial charge in [-0.15, -0.1) is 0 Å². The van der Waals surface area contributed by atoms with Gasteiger partial charge in [0.05, 0.1) is 6.42 Å². The molecule has 5 heteroatoms. The van der Waals surface area contributed by atoms with Gasteiger partial charge in [-0.05, 0) is 39.3 Å². The van der Waals surface area contributed by atoms with Crippen LogP contribution in [0.25, 0.3) is 0 Å². The molecule has 0 aliphatic carbocycles. The number of carboxylic acid groups (broad SMARTS) is 1. The molecule has 1 aromatic carbocycles. The third-order valence-electron chi connectivity index (χ3n) is 3.59. The molecular formula is C16H24N2O3. The molecule has 0 spiro atoms. The Morgan fingerprint density at radius 3 is 2.38 bits per heavy atom. The van der Waals surface area contributed by atoms with Crippen molar-refractivity contribution in [1.29, 1.82) is 0 Å². The summed E-state index contributed by atoms with van der Waals surface area (Å²) in [6.45, 7) is 8.05. The number of benzene rings is 1. The molecule has 1 unspecified atom stereocenters. The maximum atomic E-state index is 12.6. The van der Waals surface area contributed by atoms with Gasteiger partial charge in [0.1, 0.15) is 0 Å². The highest BCUT2D eigenvalue weighted by molar-refractivity contribution is 5.92. The molecule has 0 saturated carbocycles. The first-order chi connectivity index (χ1) is 9.77. The second kappa shape index (κ2) is 7.11. The van der Waals surface area contributed by atoms with Crippen LogP contribution in [0.15, 0.2) is 18.2 Å². The van der Waals surface area contributed by atoms with Crippen molar-refractivity contribution in [2.45, 2.75) is 40.2 Å². The average Bonchev–Trinajstić information content (AvgIpc) is 2.37. The van der Waals surface area contributed by atoms with Gasteiger partial charge in [-0.2, -0.15) is 0 Å². The highest BCUT2D eigenvalue weighted by Crippen LogP contribution is 2.22. The van der Waals surface area contributed by atoms with Gasteiger partial charge in [-0.3, -0.25) is 9.69 Å². The monoisotopic (exact) mass is 292 g/mol. The number of aliphatic carboxylic acids is 1. The lowest BCUT2D eigenvalue weighted by Gasteiger charge is -2.32. The van der Waals surface area contributed by atoms with Crippen LogP contribution in [0.2, 0.25) is 0 Å². The quantitative estimate of drug-likeness (QED) is 0.907. The van der Waals surface area contributed by atoms with Gasteiger partial charge in [0.2, 0.25) is 0 Å². The Kier molecular flexibility index (Phi) is 5.76. The number of hydrogen-bond donors (Lipinski definition) is 1. The molecule has 0 aromatic heterocycles. The van der Waals surface area contributed by atoms with Gasteiger partial charge >= 0.3 is 12.0 Å². The Morgan fingerprint density at radius 1 is 1.29 bits per heavy atom. The second-order valence-corrected chi connectivity index (χ2v) is 5.36. The SMILES string of the molecule is CCN(C(=O)N(C)c1ccc(C)cc1C)C(C)CC(=O)O. The third kappa shape index (κ3) is 4.21. The highest BCUT2D eigenvalue weighted by atomic mass is 16.4. The molecule has 116 valence electrons. The zero-order chi connectivity index (χ0) is 16.2. The zero-order valence-corrected chi connectivity index (χ0v) is 13.4. The molecule has 0 fully saturated rings. The molecule has 1 N–H and O–H groups in total. The van der Waals surface area contributed by atoms with E-state index < -0.39 is 5.97 Å². The van der Waals surface area contributed by atoms with Crippen LogP contribution in [-0.4, -0.2) is 41.6 Å². The Bertz CT molecular complexity index is 528. The molecule has 0 aliphatic heterocycles. The van der Waals surface area contributed by atoms with E-state index in [1.165, 1.54) is 0 Å². The summed E-state index contributed by atoms with van der Waals surface area (Å²) in [5, 5.41) is 8.89. The molecule has 1 aromatic rings. The predicted molar refractivity (Wildman–Crippen MR) is 83.8 cm³/mol. The van der Waals surface area contributed by atoms with E-state index in [1.54, 1.807) is 23.8 Å². The van der Waals surface area contributed by atoms with Crippen molar-refractivity contribution >= 4 is 17.7 Å². The fourth-order valence-electron chi connectivity index (χ4n) is 2.48. The Balaban J connectivity index is 2.96. The number of carbonyl (C=O) groups is 2. The molecule has 5 nitrogen and oxygen atoms in total. The van der Waals surface area contributed by atoms with Crippen molar-refractivity contribution in [3.8, 4) is 0 Å². The number of urea groups is 1. The van der Waals surface area contributed by atoms with Crippen molar-refractivity contribution in [3.05, 3.63) is 29.3 Å². The first-order valence-corrected chi connectivity index (χ1v) is 7.11. The van der Waals surface area contributed by atoms with E-state index in [1.807, 2.05) is 39.0 Å². The summed E-state index contributed by atoms with van der Waals surface area (Å²) in [5.74, 6) is -0.900. The maximum Gasteiger partial charge on any atom is 0.324 e. The molecular weight excluding hydrogens is 268 g/mol. The second-order valence-electron chi connectivity index (χ2n) is 5.36. The summed E-state index contributed by atoms with van der Waals surface area (Å²) in [5.41, 5.74) is 3.00. The van der Waals surface area contributed by atoms with E-state index in [2.05, 4.69) is 0 Å². The van der Waals surface area contributed by atoms with Crippen LogP contribution in [0.4, 0.5) is 10.5 Å². The van der Waals surface area contributed by atoms with Crippen LogP contribution in [0.5, 0.6) is 0 Å². The van der Waals surface area contributed by atoms with Crippen molar-refractivity contribution in [2.24, 2.45) is 0 Å². The topological polar surface area (TPSA) is 60.9 Å². The van der Waals surface area contributed by atoms with Crippen LogP contribution in [0.3, 0.4) is 0 Å². The first kappa shape index (κ1) is 17.0. The lowest BCUT2D eigenvalue weighted by atomic mass is 10.1. The van der Waals surface area contributed by atoms with Gasteiger partial charge in [-0.1, -0.05) is 17.7 Å². The van der Waals surface area contributed by atoms with Crippen molar-refractivity contribution in [2.75, 3.05) is 18.5 Å². The molecule has 0 bridgehead atoms. The molecule has 1 rings (SSSR count). The minimum atomic E-state index is -0.900. The van der Waals surface area contributed by atoms with E-state index in [9.17, 15) is 9.59 Å². The van der Waals surface area contributed by atoms with Gasteiger partial charge < -0.3 is 10.0 Å². The molecule has 0 radical (unpaired) electrons. The van der Waals surface area contributed by atoms with E-state index in [0.29, 0.717) is 6.54 Å². The van der Waals surface area contributed by atoms with Crippen molar-refractivity contribution in [3.63, 3.8) is 0 Å².